The Labute approximate surface area is 436 Å². The van der Waals surface area contributed by atoms with Crippen molar-refractivity contribution in [2.75, 3.05) is 9.80 Å². The van der Waals surface area contributed by atoms with E-state index in [0.717, 1.165) is 111 Å². The minimum Gasteiger partial charge on any atom is -0.509 e. The largest absolute Gasteiger partial charge is 0.509 e. The third-order valence-corrected chi connectivity index (χ3v) is 14.8. The number of para-hydroxylation sites is 3. The Bertz CT molecular complexity index is 4370. The van der Waals surface area contributed by atoms with Crippen LogP contribution in [0, 0.1) is 25.7 Å². The van der Waals surface area contributed by atoms with Crippen LogP contribution in [0.4, 0.5) is 22.7 Å². The number of hydrogen-bond acceptors (Lipinski definition) is 4. The van der Waals surface area contributed by atoms with Crippen LogP contribution in [0.15, 0.2) is 225 Å². The second kappa shape index (κ2) is 16.9. The van der Waals surface area contributed by atoms with Gasteiger partial charge in [-0.25, -0.2) is 4.98 Å². The SMILES string of the molecule is Cc1cc2c([c-]c1Oc1[c-]c3c(cc1)c1cccc4c5ccccc5c5ccccc5c5cccnc5n3c41)N1[CH-]N(c3c(-c4ccccc4)cccc3-c3ccccc3)c3cccc(c31)-c1ccccc1-2.[Pt]. The fourth-order valence-corrected chi connectivity index (χ4v) is 11.6. The summed E-state index contributed by atoms with van der Waals surface area (Å²) >= 11 is 0. The van der Waals surface area contributed by atoms with Gasteiger partial charge in [0.2, 0.25) is 0 Å². The van der Waals surface area contributed by atoms with Crippen molar-refractivity contribution in [1.29, 1.82) is 0 Å². The van der Waals surface area contributed by atoms with Crippen LogP contribution < -0.4 is 14.5 Å². The quantitative estimate of drug-likeness (QED) is 0.161. The third kappa shape index (κ3) is 6.55. The predicted molar refractivity (Wildman–Crippen MR) is 297 cm³/mol. The zero-order valence-electron chi connectivity index (χ0n) is 39.5. The summed E-state index contributed by atoms with van der Waals surface area (Å²) in [6.45, 7) is 4.37. The van der Waals surface area contributed by atoms with E-state index in [2.05, 4.69) is 246 Å². The third-order valence-electron chi connectivity index (χ3n) is 14.8. The molecule has 3 aromatic heterocycles. The van der Waals surface area contributed by atoms with E-state index in [4.69, 9.17) is 9.72 Å². The van der Waals surface area contributed by atoms with E-state index in [1.165, 1.54) is 21.7 Å². The van der Waals surface area contributed by atoms with Crippen molar-refractivity contribution in [1.82, 2.24) is 9.38 Å². The van der Waals surface area contributed by atoms with Gasteiger partial charge < -0.3 is 18.9 Å². The number of fused-ring (bicyclic) bond motifs is 15. The zero-order valence-corrected chi connectivity index (χ0v) is 41.7. The zero-order chi connectivity index (χ0) is 47.4. The molecule has 0 amide bonds. The molecule has 5 nitrogen and oxygen atoms in total. The van der Waals surface area contributed by atoms with Gasteiger partial charge in [0.15, 0.2) is 0 Å². The summed E-state index contributed by atoms with van der Waals surface area (Å²) in [5, 5.41) is 9.03. The Morgan fingerprint density at radius 2 is 0.973 bits per heavy atom. The average Bonchev–Trinajstić information content (AvgIpc) is 3.97. The Kier molecular flexibility index (Phi) is 9.99. The number of nitrogens with zero attached hydrogens (tertiary/aromatic N) is 4. The Hall–Kier alpha value is -8.76. The topological polar surface area (TPSA) is 33.0 Å². The maximum absolute atomic E-state index is 7.10. The number of hydrogen-bond donors (Lipinski definition) is 0. The summed E-state index contributed by atoms with van der Waals surface area (Å²) in [6.07, 6.45) is 1.89. The van der Waals surface area contributed by atoms with Crippen LogP contribution in [-0.2, 0) is 21.1 Å². The summed E-state index contributed by atoms with van der Waals surface area (Å²) in [5.74, 6) is 1.22. The van der Waals surface area contributed by atoms with E-state index >= 15 is 0 Å². The molecule has 15 rings (SSSR count). The Balaban J connectivity index is 0.00000493. The van der Waals surface area contributed by atoms with Gasteiger partial charge in [0.25, 0.3) is 0 Å². The van der Waals surface area contributed by atoms with E-state index in [-0.39, 0.29) is 21.1 Å². The molecular formula is C67H41N4OPt-3. The molecule has 0 saturated carbocycles. The van der Waals surface area contributed by atoms with Crippen LogP contribution >= 0.6 is 0 Å². The molecule has 0 aliphatic carbocycles. The number of anilines is 4. The minimum atomic E-state index is 0. The van der Waals surface area contributed by atoms with Crippen LogP contribution in [0.2, 0.25) is 0 Å². The molecule has 10 aromatic carbocycles. The van der Waals surface area contributed by atoms with Crippen molar-refractivity contribution in [3.05, 3.63) is 249 Å². The van der Waals surface area contributed by atoms with Gasteiger partial charge in [-0.3, -0.25) is 0 Å². The second-order valence-corrected chi connectivity index (χ2v) is 18.7. The molecule has 13 aromatic rings. The Morgan fingerprint density at radius 3 is 1.67 bits per heavy atom. The van der Waals surface area contributed by atoms with Crippen molar-refractivity contribution in [3.8, 4) is 56.0 Å². The molecule has 0 radical (unpaired) electrons. The number of aryl methyl sites for hydroxylation is 1. The van der Waals surface area contributed by atoms with Crippen LogP contribution in [0.5, 0.6) is 11.5 Å². The van der Waals surface area contributed by atoms with Gasteiger partial charge in [0.1, 0.15) is 5.65 Å². The normalized spacial score (nSPS) is 12.5. The van der Waals surface area contributed by atoms with E-state index < -0.39 is 0 Å². The second-order valence-electron chi connectivity index (χ2n) is 18.7. The van der Waals surface area contributed by atoms with Crippen LogP contribution in [0.3, 0.4) is 0 Å². The molecule has 348 valence electrons. The number of pyridine rings is 1. The molecule has 0 atom stereocenters. The van der Waals surface area contributed by atoms with Gasteiger partial charge in [-0.2, -0.15) is 12.1 Å². The first-order chi connectivity index (χ1) is 35.7. The maximum Gasteiger partial charge on any atom is 0.143 e. The number of benzene rings is 10. The van der Waals surface area contributed by atoms with Gasteiger partial charge in [-0.15, -0.1) is 41.4 Å². The smallest absolute Gasteiger partial charge is 0.143 e. The Morgan fingerprint density at radius 1 is 0.438 bits per heavy atom. The van der Waals surface area contributed by atoms with Crippen LogP contribution in [0.25, 0.3) is 104 Å². The summed E-state index contributed by atoms with van der Waals surface area (Å²) < 4.78 is 9.40. The van der Waals surface area contributed by atoms with Gasteiger partial charge in [0.05, 0.1) is 0 Å². The molecule has 73 heavy (non-hydrogen) atoms. The van der Waals surface area contributed by atoms with Gasteiger partial charge >= 0.3 is 0 Å². The average molecular weight is 1110 g/mol. The molecule has 0 bridgehead atoms. The molecule has 0 spiro atoms. The van der Waals surface area contributed by atoms with Crippen LogP contribution in [0.1, 0.15) is 5.56 Å². The first-order valence-corrected chi connectivity index (χ1v) is 24.5. The van der Waals surface area contributed by atoms with Gasteiger partial charge in [-0.05, 0) is 61.8 Å². The van der Waals surface area contributed by atoms with Gasteiger partial charge in [-0.1, -0.05) is 206 Å². The van der Waals surface area contributed by atoms with Crippen molar-refractivity contribution >= 4 is 82.5 Å². The molecular weight excluding hydrogens is 1070 g/mol. The van der Waals surface area contributed by atoms with E-state index in [1.54, 1.807) is 0 Å². The summed E-state index contributed by atoms with van der Waals surface area (Å²) in [7, 11) is 0. The molecule has 0 fully saturated rings. The minimum absolute atomic E-state index is 0. The molecule has 6 heteroatoms. The number of ether oxygens (including phenoxy) is 1. The molecule has 0 N–H and O–H groups in total. The monoisotopic (exact) mass is 1110 g/mol. The van der Waals surface area contributed by atoms with E-state index in [0.29, 0.717) is 11.5 Å². The van der Waals surface area contributed by atoms with E-state index in [1.807, 2.05) is 18.3 Å². The molecule has 0 saturated heterocycles. The van der Waals surface area contributed by atoms with Crippen molar-refractivity contribution in [3.63, 3.8) is 0 Å². The summed E-state index contributed by atoms with van der Waals surface area (Å²) in [5.41, 5.74) is 17.1. The molecule has 5 heterocycles. The molecule has 2 aliphatic heterocycles. The first-order valence-electron chi connectivity index (χ1n) is 24.5. The summed E-state index contributed by atoms with van der Waals surface area (Å²) in [6, 6.07) is 85.9. The van der Waals surface area contributed by atoms with Crippen molar-refractivity contribution in [2.24, 2.45) is 0 Å². The fraction of sp³-hybridized carbons (Fsp3) is 0.0149. The maximum atomic E-state index is 7.10. The summed E-state index contributed by atoms with van der Waals surface area (Å²) in [4.78, 5) is 9.88. The number of rotatable bonds is 5. The molecule has 2 aliphatic rings. The molecule has 0 unspecified atom stereocenters. The fourth-order valence-electron chi connectivity index (χ4n) is 11.6. The van der Waals surface area contributed by atoms with Crippen molar-refractivity contribution in [2.45, 2.75) is 6.92 Å². The predicted octanol–water partition coefficient (Wildman–Crippen LogP) is 17.8. The number of aromatic nitrogens is 2. The standard InChI is InChI=1S/C67H41N4O.Pt/c1-42-38-59-53-27-13-11-25-51(53)56-32-16-34-60-66(56)70(41-69(60)64-46(43-18-4-2-5-19-43)28-14-29-47(64)44-20-6-3-7-21-44)61(59)40-63(42)72-45-35-36-54-57-31-15-30-55-50-24-10-8-22-48(50)49-23-9-12-26-52(49)58-33-17-37-68-67(58)71(65(55)57)62(54)39-45;/h2-38,41H,1H3;/q-3;. The first kappa shape index (κ1) is 43.1. The van der Waals surface area contributed by atoms with Crippen molar-refractivity contribution < 1.29 is 25.8 Å². The van der Waals surface area contributed by atoms with Gasteiger partial charge in [0, 0.05) is 88.8 Å². The van der Waals surface area contributed by atoms with Crippen LogP contribution in [-0.4, -0.2) is 9.38 Å². The van der Waals surface area contributed by atoms with E-state index in [9.17, 15) is 0 Å².